The molecule has 1 heterocycles. The van der Waals surface area contributed by atoms with Crippen LogP contribution in [-0.4, -0.2) is 49.5 Å². The molecule has 0 radical (unpaired) electrons. The summed E-state index contributed by atoms with van der Waals surface area (Å²) in [5.41, 5.74) is 2.27. The third-order valence-corrected chi connectivity index (χ3v) is 4.01. The summed E-state index contributed by atoms with van der Waals surface area (Å²) < 4.78 is 16.8. The van der Waals surface area contributed by atoms with Crippen molar-refractivity contribution in [3.05, 3.63) is 53.6 Å². The van der Waals surface area contributed by atoms with Gasteiger partial charge >= 0.3 is 0 Å². The maximum Gasteiger partial charge on any atom is 0.161 e. The van der Waals surface area contributed by atoms with Crippen molar-refractivity contribution in [1.29, 1.82) is 0 Å². The molecule has 1 aliphatic heterocycles. The second-order valence-corrected chi connectivity index (χ2v) is 6.46. The number of aliphatic hydroxyl groups is 1. The maximum atomic E-state index is 10.2. The third-order valence-electron chi connectivity index (χ3n) is 4.01. The van der Waals surface area contributed by atoms with Crippen molar-refractivity contribution in [1.82, 2.24) is 4.90 Å². The lowest BCUT2D eigenvalue weighted by atomic mass is 10.1. The van der Waals surface area contributed by atoms with Gasteiger partial charge in [0.15, 0.2) is 11.5 Å². The van der Waals surface area contributed by atoms with Crippen molar-refractivity contribution < 1.29 is 19.3 Å². The summed E-state index contributed by atoms with van der Waals surface area (Å²) >= 11 is 0. The molecule has 5 heteroatoms. The van der Waals surface area contributed by atoms with E-state index in [0.29, 0.717) is 19.8 Å². The van der Waals surface area contributed by atoms with Crippen LogP contribution in [0.3, 0.4) is 0 Å². The molecule has 1 aliphatic rings. The van der Waals surface area contributed by atoms with Crippen molar-refractivity contribution in [2.75, 3.05) is 33.4 Å². The van der Waals surface area contributed by atoms with E-state index in [1.165, 1.54) is 0 Å². The molecule has 1 atom stereocenters. The number of hydrogen-bond donors (Lipinski definition) is 1. The Kier molecular flexibility index (Phi) is 5.79. The van der Waals surface area contributed by atoms with Crippen LogP contribution in [0.1, 0.15) is 11.1 Å². The summed E-state index contributed by atoms with van der Waals surface area (Å²) in [4.78, 5) is 2.07. The molecular weight excluding hydrogens is 318 g/mol. The molecule has 0 saturated heterocycles. The number of nitrogens with zero attached hydrogens (tertiary/aromatic N) is 1. The van der Waals surface area contributed by atoms with E-state index in [2.05, 4.69) is 4.90 Å². The Balaban J connectivity index is 1.47. The van der Waals surface area contributed by atoms with Crippen LogP contribution in [0.4, 0.5) is 0 Å². The Bertz CT molecular complexity index is 704. The molecule has 3 rings (SSSR count). The van der Waals surface area contributed by atoms with Crippen LogP contribution in [0.5, 0.6) is 17.2 Å². The summed E-state index contributed by atoms with van der Waals surface area (Å²) in [7, 11) is 1.98. The summed E-state index contributed by atoms with van der Waals surface area (Å²) in [5.74, 6) is 2.37. The minimum atomic E-state index is -0.553. The second-order valence-electron chi connectivity index (χ2n) is 6.46. The maximum absolute atomic E-state index is 10.2. The van der Waals surface area contributed by atoms with Crippen molar-refractivity contribution in [2.24, 2.45) is 0 Å². The predicted molar refractivity (Wildman–Crippen MR) is 96.4 cm³/mol. The number of hydrogen-bond acceptors (Lipinski definition) is 5. The Morgan fingerprint density at radius 3 is 2.72 bits per heavy atom. The monoisotopic (exact) mass is 343 g/mol. The molecular formula is C20H25NO4. The molecule has 134 valence electrons. The average molecular weight is 343 g/mol. The van der Waals surface area contributed by atoms with E-state index >= 15 is 0 Å². The van der Waals surface area contributed by atoms with Gasteiger partial charge in [-0.2, -0.15) is 0 Å². The van der Waals surface area contributed by atoms with E-state index < -0.39 is 6.10 Å². The zero-order valence-electron chi connectivity index (χ0n) is 14.8. The fraction of sp³-hybridized carbons (Fsp3) is 0.400. The van der Waals surface area contributed by atoms with Crippen LogP contribution in [-0.2, 0) is 6.54 Å². The molecule has 1 unspecified atom stereocenters. The lowest BCUT2D eigenvalue weighted by molar-refractivity contribution is 0.0743. The van der Waals surface area contributed by atoms with Gasteiger partial charge in [0.05, 0.1) is 0 Å². The van der Waals surface area contributed by atoms with Crippen molar-refractivity contribution >= 4 is 0 Å². The molecule has 2 aromatic rings. The molecule has 0 amide bonds. The molecule has 2 aromatic carbocycles. The van der Waals surface area contributed by atoms with Gasteiger partial charge in [-0.15, -0.1) is 0 Å². The third kappa shape index (κ3) is 5.11. The van der Waals surface area contributed by atoms with Crippen molar-refractivity contribution in [3.63, 3.8) is 0 Å². The van der Waals surface area contributed by atoms with Crippen LogP contribution in [0, 0.1) is 6.92 Å². The minimum Gasteiger partial charge on any atom is -0.491 e. The van der Waals surface area contributed by atoms with E-state index in [0.717, 1.165) is 34.9 Å². The van der Waals surface area contributed by atoms with E-state index in [1.54, 1.807) is 0 Å². The van der Waals surface area contributed by atoms with E-state index in [9.17, 15) is 5.11 Å². The van der Waals surface area contributed by atoms with E-state index in [4.69, 9.17) is 14.2 Å². The van der Waals surface area contributed by atoms with Gasteiger partial charge in [-0.1, -0.05) is 18.2 Å². The van der Waals surface area contributed by atoms with E-state index in [-0.39, 0.29) is 6.61 Å². The molecule has 0 saturated carbocycles. The van der Waals surface area contributed by atoms with Crippen LogP contribution < -0.4 is 14.2 Å². The highest BCUT2D eigenvalue weighted by Gasteiger charge is 2.14. The van der Waals surface area contributed by atoms with Gasteiger partial charge in [-0.25, -0.2) is 0 Å². The molecule has 25 heavy (non-hydrogen) atoms. The standard InChI is InChI=1S/C20H25NO4/c1-15-4-3-5-18(10-15)25-14-17(22)13-21(2)12-16-6-7-19-20(11-16)24-9-8-23-19/h3-7,10-11,17,22H,8-9,12-14H2,1-2H3. The lowest BCUT2D eigenvalue weighted by Gasteiger charge is -2.23. The fourth-order valence-electron chi connectivity index (χ4n) is 2.87. The first-order valence-corrected chi connectivity index (χ1v) is 8.55. The molecule has 5 nitrogen and oxygen atoms in total. The molecule has 0 spiro atoms. The van der Waals surface area contributed by atoms with Gasteiger partial charge < -0.3 is 19.3 Å². The topological polar surface area (TPSA) is 51.2 Å². The lowest BCUT2D eigenvalue weighted by Crippen LogP contribution is -2.32. The average Bonchev–Trinajstić information content (AvgIpc) is 2.60. The first-order valence-electron chi connectivity index (χ1n) is 8.55. The summed E-state index contributed by atoms with van der Waals surface area (Å²) in [5, 5.41) is 10.2. The summed E-state index contributed by atoms with van der Waals surface area (Å²) in [6, 6.07) is 13.8. The smallest absolute Gasteiger partial charge is 0.161 e. The van der Waals surface area contributed by atoms with Crippen LogP contribution in [0.2, 0.25) is 0 Å². The first-order chi connectivity index (χ1) is 12.1. The highest BCUT2D eigenvalue weighted by atomic mass is 16.6. The number of fused-ring (bicyclic) bond motifs is 1. The number of aliphatic hydroxyl groups excluding tert-OH is 1. The molecule has 0 fully saturated rings. The van der Waals surface area contributed by atoms with Gasteiger partial charge in [0.25, 0.3) is 0 Å². The molecule has 0 bridgehead atoms. The zero-order valence-corrected chi connectivity index (χ0v) is 14.8. The van der Waals surface area contributed by atoms with Crippen LogP contribution in [0.25, 0.3) is 0 Å². The van der Waals surface area contributed by atoms with E-state index in [1.807, 2.05) is 56.4 Å². The number of likely N-dealkylation sites (N-methyl/N-ethyl adjacent to an activating group) is 1. The highest BCUT2D eigenvalue weighted by Crippen LogP contribution is 2.31. The molecule has 0 aromatic heterocycles. The Morgan fingerprint density at radius 1 is 1.12 bits per heavy atom. The minimum absolute atomic E-state index is 0.273. The molecule has 0 aliphatic carbocycles. The highest BCUT2D eigenvalue weighted by molar-refractivity contribution is 5.43. The van der Waals surface area contributed by atoms with Gasteiger partial charge in [-0.05, 0) is 49.4 Å². The molecule has 1 N–H and O–H groups in total. The van der Waals surface area contributed by atoms with Gasteiger partial charge in [0.1, 0.15) is 31.7 Å². The number of benzene rings is 2. The number of rotatable bonds is 7. The summed E-state index contributed by atoms with van der Waals surface area (Å²) in [6.07, 6.45) is -0.553. The number of aryl methyl sites for hydroxylation is 1. The van der Waals surface area contributed by atoms with Crippen molar-refractivity contribution in [3.8, 4) is 17.2 Å². The fourth-order valence-corrected chi connectivity index (χ4v) is 2.87. The van der Waals surface area contributed by atoms with Crippen LogP contribution in [0.15, 0.2) is 42.5 Å². The Hall–Kier alpha value is -2.24. The van der Waals surface area contributed by atoms with Crippen molar-refractivity contribution in [2.45, 2.75) is 19.6 Å². The summed E-state index contributed by atoms with van der Waals surface area (Å²) in [6.45, 7) is 4.72. The predicted octanol–water partition coefficient (Wildman–Crippen LogP) is 2.64. The normalized spacial score (nSPS) is 14.4. The van der Waals surface area contributed by atoms with Gasteiger partial charge in [0, 0.05) is 13.1 Å². The zero-order chi connectivity index (χ0) is 17.6. The Morgan fingerprint density at radius 2 is 1.92 bits per heavy atom. The SMILES string of the molecule is Cc1cccc(OCC(O)CN(C)Cc2ccc3c(c2)OCCO3)c1. The van der Waals surface area contributed by atoms with Crippen LogP contribution >= 0.6 is 0 Å². The quantitative estimate of drug-likeness (QED) is 0.838. The van der Waals surface area contributed by atoms with Gasteiger partial charge in [-0.3, -0.25) is 4.90 Å². The van der Waals surface area contributed by atoms with Gasteiger partial charge in [0.2, 0.25) is 0 Å². The Labute approximate surface area is 148 Å². The number of ether oxygens (including phenoxy) is 3. The first kappa shape index (κ1) is 17.6. The largest absolute Gasteiger partial charge is 0.491 e. The second kappa shape index (κ2) is 8.23.